The van der Waals surface area contributed by atoms with E-state index in [9.17, 15) is 4.39 Å². The average molecular weight is 256 g/mol. The fourth-order valence-corrected chi connectivity index (χ4v) is 2.24. The molecule has 0 bridgehead atoms. The van der Waals surface area contributed by atoms with Crippen molar-refractivity contribution in [1.29, 1.82) is 0 Å². The predicted octanol–water partition coefficient (Wildman–Crippen LogP) is 3.80. The highest BCUT2D eigenvalue weighted by Gasteiger charge is 2.25. The molecule has 0 spiro atoms. The van der Waals surface area contributed by atoms with Gasteiger partial charge in [-0.3, -0.25) is 0 Å². The van der Waals surface area contributed by atoms with E-state index in [1.807, 2.05) is 0 Å². The van der Waals surface area contributed by atoms with Crippen LogP contribution in [0.25, 0.3) is 0 Å². The Balaban J connectivity index is 1.93. The maximum atomic E-state index is 12.9. The normalized spacial score (nSPS) is 19.1. The van der Waals surface area contributed by atoms with Gasteiger partial charge in [0.05, 0.1) is 0 Å². The zero-order valence-corrected chi connectivity index (χ0v) is 11.1. The molecule has 1 fully saturated rings. The van der Waals surface area contributed by atoms with Crippen molar-refractivity contribution in [3.05, 3.63) is 34.6 Å². The van der Waals surface area contributed by atoms with Crippen LogP contribution < -0.4 is 5.32 Å². The summed E-state index contributed by atoms with van der Waals surface area (Å²) in [6.07, 6.45) is 3.49. The largest absolute Gasteiger partial charge is 0.311 e. The molecule has 0 amide bonds. The molecule has 3 heteroatoms. The Labute approximate surface area is 107 Å². The van der Waals surface area contributed by atoms with Crippen LogP contribution in [0.1, 0.15) is 32.3 Å². The van der Waals surface area contributed by atoms with E-state index in [1.165, 1.54) is 25.0 Å². The lowest BCUT2D eigenvalue weighted by Crippen LogP contribution is -2.34. The van der Waals surface area contributed by atoms with Gasteiger partial charge in [0, 0.05) is 17.1 Å². The summed E-state index contributed by atoms with van der Waals surface area (Å²) >= 11 is 6.04. The fourth-order valence-electron chi connectivity index (χ4n) is 2.00. The van der Waals surface area contributed by atoms with Gasteiger partial charge in [-0.2, -0.15) is 0 Å². The first-order chi connectivity index (χ1) is 8.06. The van der Waals surface area contributed by atoms with Gasteiger partial charge in [-0.1, -0.05) is 24.6 Å². The van der Waals surface area contributed by atoms with Gasteiger partial charge < -0.3 is 5.32 Å². The Morgan fingerprint density at radius 3 is 2.71 bits per heavy atom. The first-order valence-corrected chi connectivity index (χ1v) is 6.64. The topological polar surface area (TPSA) is 12.0 Å². The monoisotopic (exact) mass is 255 g/mol. The lowest BCUT2D eigenvalue weighted by atomic mass is 9.95. The summed E-state index contributed by atoms with van der Waals surface area (Å²) in [6, 6.07) is 5.85. The minimum atomic E-state index is -0.268. The smallest absolute Gasteiger partial charge is 0.124 e. The SMILES string of the molecule is CC(Cc1ccc(F)cc1Cl)C(C)NC1CC1. The highest BCUT2D eigenvalue weighted by Crippen LogP contribution is 2.24. The average Bonchev–Trinajstić information content (AvgIpc) is 3.06. The first kappa shape index (κ1) is 12.8. The van der Waals surface area contributed by atoms with Gasteiger partial charge in [0.25, 0.3) is 0 Å². The number of rotatable bonds is 5. The molecule has 1 nitrogen and oxygen atoms in total. The lowest BCUT2D eigenvalue weighted by Gasteiger charge is -2.21. The standard InChI is InChI=1S/C14H19ClFN/c1-9(10(2)17-13-5-6-13)7-11-3-4-12(16)8-14(11)15/h3-4,8-10,13,17H,5-7H2,1-2H3. The number of nitrogens with one attached hydrogen (secondary N) is 1. The van der Waals surface area contributed by atoms with E-state index in [0.717, 1.165) is 18.0 Å². The molecule has 17 heavy (non-hydrogen) atoms. The molecule has 0 aromatic heterocycles. The van der Waals surface area contributed by atoms with E-state index < -0.39 is 0 Å². The molecular weight excluding hydrogens is 237 g/mol. The molecule has 94 valence electrons. The minimum Gasteiger partial charge on any atom is -0.311 e. The van der Waals surface area contributed by atoms with Gasteiger partial charge in [-0.05, 0) is 49.8 Å². The molecule has 0 saturated heterocycles. The van der Waals surface area contributed by atoms with Crippen molar-refractivity contribution in [2.75, 3.05) is 0 Å². The third kappa shape index (κ3) is 3.68. The number of benzene rings is 1. The van der Waals surface area contributed by atoms with Crippen molar-refractivity contribution in [2.24, 2.45) is 5.92 Å². The van der Waals surface area contributed by atoms with Gasteiger partial charge in [-0.15, -0.1) is 0 Å². The van der Waals surface area contributed by atoms with Crippen LogP contribution in [0.3, 0.4) is 0 Å². The highest BCUT2D eigenvalue weighted by atomic mass is 35.5. The van der Waals surface area contributed by atoms with Crippen molar-refractivity contribution >= 4 is 11.6 Å². The molecule has 2 unspecified atom stereocenters. The van der Waals surface area contributed by atoms with E-state index in [1.54, 1.807) is 6.07 Å². The molecule has 2 rings (SSSR count). The number of hydrogen-bond acceptors (Lipinski definition) is 1. The van der Waals surface area contributed by atoms with E-state index >= 15 is 0 Å². The summed E-state index contributed by atoms with van der Waals surface area (Å²) in [5.74, 6) is 0.231. The van der Waals surface area contributed by atoms with Crippen LogP contribution in [-0.4, -0.2) is 12.1 Å². The van der Waals surface area contributed by atoms with Gasteiger partial charge in [0.1, 0.15) is 5.82 Å². The summed E-state index contributed by atoms with van der Waals surface area (Å²) in [5, 5.41) is 4.12. The van der Waals surface area contributed by atoms with Crippen molar-refractivity contribution in [3.8, 4) is 0 Å². The molecule has 0 radical (unpaired) electrons. The number of hydrogen-bond donors (Lipinski definition) is 1. The van der Waals surface area contributed by atoms with Gasteiger partial charge >= 0.3 is 0 Å². The van der Waals surface area contributed by atoms with Crippen molar-refractivity contribution in [1.82, 2.24) is 5.32 Å². The maximum absolute atomic E-state index is 12.9. The molecule has 1 N–H and O–H groups in total. The second-order valence-corrected chi connectivity index (χ2v) is 5.55. The third-order valence-corrected chi connectivity index (χ3v) is 3.84. The molecule has 0 aliphatic heterocycles. The van der Waals surface area contributed by atoms with E-state index in [0.29, 0.717) is 17.0 Å². The molecule has 1 aromatic carbocycles. The number of halogens is 2. The summed E-state index contributed by atoms with van der Waals surface area (Å²) < 4.78 is 12.9. The molecule has 1 aromatic rings. The molecule has 0 heterocycles. The second kappa shape index (κ2) is 5.36. The molecule has 1 aliphatic carbocycles. The Bertz CT molecular complexity index is 390. The van der Waals surface area contributed by atoms with Crippen molar-refractivity contribution in [2.45, 2.75) is 45.2 Å². The molecule has 1 saturated carbocycles. The van der Waals surface area contributed by atoms with Crippen LogP contribution in [-0.2, 0) is 6.42 Å². The zero-order valence-electron chi connectivity index (χ0n) is 10.3. The van der Waals surface area contributed by atoms with Crippen molar-refractivity contribution in [3.63, 3.8) is 0 Å². The Morgan fingerprint density at radius 1 is 1.41 bits per heavy atom. The van der Waals surface area contributed by atoms with Gasteiger partial charge in [0.2, 0.25) is 0 Å². The fraction of sp³-hybridized carbons (Fsp3) is 0.571. The molecule has 1 aliphatic rings. The van der Waals surface area contributed by atoms with Gasteiger partial charge in [0.15, 0.2) is 0 Å². The van der Waals surface area contributed by atoms with Crippen LogP contribution in [0, 0.1) is 11.7 Å². The Kier molecular flexibility index (Phi) is 4.05. The van der Waals surface area contributed by atoms with E-state index in [4.69, 9.17) is 11.6 Å². The molecule has 2 atom stereocenters. The second-order valence-electron chi connectivity index (χ2n) is 5.15. The summed E-state index contributed by atoms with van der Waals surface area (Å²) in [7, 11) is 0. The summed E-state index contributed by atoms with van der Waals surface area (Å²) in [5.41, 5.74) is 1.03. The zero-order chi connectivity index (χ0) is 12.4. The predicted molar refractivity (Wildman–Crippen MR) is 69.9 cm³/mol. The van der Waals surface area contributed by atoms with Crippen LogP contribution in [0.15, 0.2) is 18.2 Å². The van der Waals surface area contributed by atoms with Crippen LogP contribution in [0.5, 0.6) is 0 Å². The van der Waals surface area contributed by atoms with Crippen molar-refractivity contribution < 1.29 is 4.39 Å². The summed E-state index contributed by atoms with van der Waals surface area (Å²) in [6.45, 7) is 4.42. The van der Waals surface area contributed by atoms with Crippen LogP contribution >= 0.6 is 11.6 Å². The Hall–Kier alpha value is -0.600. The first-order valence-electron chi connectivity index (χ1n) is 6.26. The maximum Gasteiger partial charge on any atom is 0.124 e. The van der Waals surface area contributed by atoms with E-state index in [2.05, 4.69) is 19.2 Å². The highest BCUT2D eigenvalue weighted by molar-refractivity contribution is 6.31. The van der Waals surface area contributed by atoms with Gasteiger partial charge in [-0.25, -0.2) is 4.39 Å². The molecular formula is C14H19ClFN. The minimum absolute atomic E-state index is 0.268. The third-order valence-electron chi connectivity index (χ3n) is 3.49. The van der Waals surface area contributed by atoms with Crippen LogP contribution in [0.4, 0.5) is 4.39 Å². The lowest BCUT2D eigenvalue weighted by molar-refractivity contribution is 0.396. The summed E-state index contributed by atoms with van der Waals surface area (Å²) in [4.78, 5) is 0. The van der Waals surface area contributed by atoms with E-state index in [-0.39, 0.29) is 5.82 Å². The quantitative estimate of drug-likeness (QED) is 0.844. The van der Waals surface area contributed by atoms with Crippen LogP contribution in [0.2, 0.25) is 5.02 Å². The Morgan fingerprint density at radius 2 is 2.12 bits per heavy atom.